The van der Waals surface area contributed by atoms with Crippen molar-refractivity contribution in [2.24, 2.45) is 11.7 Å². The predicted octanol–water partition coefficient (Wildman–Crippen LogP) is 3.28. The van der Waals surface area contributed by atoms with Gasteiger partial charge in [-0.3, -0.25) is 4.79 Å². The van der Waals surface area contributed by atoms with Crippen LogP contribution in [0.2, 0.25) is 0 Å². The van der Waals surface area contributed by atoms with E-state index in [1.807, 2.05) is 25.1 Å². The number of nitrogens with two attached hydrogens (primary N) is 1. The Kier molecular flexibility index (Phi) is 7.84. The Labute approximate surface area is 171 Å². The number of nitrogens with one attached hydrogen (secondary N) is 1. The maximum atomic E-state index is 11.2. The average Bonchev–Trinajstić information content (AvgIpc) is 2.74. The van der Waals surface area contributed by atoms with Crippen LogP contribution in [0.3, 0.4) is 0 Å². The molecule has 3 N–H and O–H groups in total. The molecule has 2 aromatic rings. The summed E-state index contributed by atoms with van der Waals surface area (Å²) in [6, 6.07) is 9.07. The molecule has 0 saturated carbocycles. The van der Waals surface area contributed by atoms with Gasteiger partial charge in [0.1, 0.15) is 0 Å². The third-order valence-electron chi connectivity index (χ3n) is 4.94. The Bertz CT molecular complexity index is 789. The Balaban J connectivity index is 1.56. The van der Waals surface area contributed by atoms with Gasteiger partial charge in [0.2, 0.25) is 11.8 Å². The molecule has 0 atom stereocenters. The van der Waals surface area contributed by atoms with E-state index in [9.17, 15) is 4.79 Å². The summed E-state index contributed by atoms with van der Waals surface area (Å²) >= 11 is 0. The third kappa shape index (κ3) is 6.44. The van der Waals surface area contributed by atoms with Gasteiger partial charge in [0, 0.05) is 32.0 Å². The van der Waals surface area contributed by atoms with Gasteiger partial charge in [0.25, 0.3) is 0 Å². The van der Waals surface area contributed by atoms with Crippen LogP contribution in [0.4, 0.5) is 0 Å². The van der Waals surface area contributed by atoms with Gasteiger partial charge in [-0.05, 0) is 62.4 Å². The van der Waals surface area contributed by atoms with E-state index in [4.69, 9.17) is 19.9 Å². The van der Waals surface area contributed by atoms with Gasteiger partial charge in [-0.1, -0.05) is 6.07 Å². The van der Waals surface area contributed by atoms with Crippen LogP contribution < -0.4 is 20.5 Å². The first-order valence-electron chi connectivity index (χ1n) is 10.1. The van der Waals surface area contributed by atoms with Crippen LogP contribution in [0, 0.1) is 5.92 Å². The van der Waals surface area contributed by atoms with E-state index >= 15 is 0 Å². The maximum Gasteiger partial charge on any atom is 0.250 e. The van der Waals surface area contributed by atoms with Gasteiger partial charge in [-0.2, -0.15) is 0 Å². The molecule has 3 rings (SSSR count). The molecule has 1 aliphatic rings. The molecule has 1 amide bonds. The molecule has 0 spiro atoms. The first-order valence-corrected chi connectivity index (χ1v) is 10.1. The number of carbonyl (C=O) groups is 1. The smallest absolute Gasteiger partial charge is 0.250 e. The fourth-order valence-electron chi connectivity index (χ4n) is 3.29. The van der Waals surface area contributed by atoms with E-state index in [1.54, 1.807) is 12.1 Å². The lowest BCUT2D eigenvalue weighted by atomic mass is 9.97. The molecule has 7 heteroatoms. The molecular formula is C22H29N3O4. The normalized spacial score (nSPS) is 14.5. The minimum Gasteiger partial charge on any atom is -0.490 e. The average molecular weight is 399 g/mol. The van der Waals surface area contributed by atoms with Crippen LogP contribution in [-0.2, 0) is 11.3 Å². The number of nitrogens with zero attached hydrogens (tertiary/aromatic N) is 1. The summed E-state index contributed by atoms with van der Waals surface area (Å²) in [4.78, 5) is 15.3. The van der Waals surface area contributed by atoms with Gasteiger partial charge in [-0.25, -0.2) is 4.98 Å². The zero-order valence-corrected chi connectivity index (χ0v) is 16.9. The van der Waals surface area contributed by atoms with Crippen molar-refractivity contribution in [2.45, 2.75) is 32.7 Å². The first kappa shape index (κ1) is 21.1. The van der Waals surface area contributed by atoms with Crippen LogP contribution in [0.15, 0.2) is 36.5 Å². The molecule has 1 saturated heterocycles. The molecule has 0 bridgehead atoms. The maximum absolute atomic E-state index is 11.2. The van der Waals surface area contributed by atoms with Crippen molar-refractivity contribution >= 4 is 5.91 Å². The standard InChI is InChI=1S/C22H29N3O4/c1-2-28-20-13-17(14-24-10-7-16-8-11-27-12-9-16)3-5-19(20)29-21-6-4-18(15-25-21)22(23)26/h3-6,13,15-16,24H,2,7-12,14H2,1H3,(H2,23,26). The molecule has 1 fully saturated rings. The van der Waals surface area contributed by atoms with Gasteiger partial charge in [0.15, 0.2) is 11.5 Å². The van der Waals surface area contributed by atoms with E-state index in [2.05, 4.69) is 10.3 Å². The molecule has 29 heavy (non-hydrogen) atoms. The zero-order chi connectivity index (χ0) is 20.5. The summed E-state index contributed by atoms with van der Waals surface area (Å²) in [5.41, 5.74) is 6.70. The van der Waals surface area contributed by atoms with Crippen LogP contribution in [0.1, 0.15) is 42.1 Å². The summed E-state index contributed by atoms with van der Waals surface area (Å²) in [5.74, 6) is 1.86. The second kappa shape index (κ2) is 10.8. The largest absolute Gasteiger partial charge is 0.490 e. The fourth-order valence-corrected chi connectivity index (χ4v) is 3.29. The van der Waals surface area contributed by atoms with Gasteiger partial charge >= 0.3 is 0 Å². The Hall–Kier alpha value is -2.64. The van der Waals surface area contributed by atoms with E-state index in [0.717, 1.165) is 50.6 Å². The van der Waals surface area contributed by atoms with Crippen LogP contribution >= 0.6 is 0 Å². The van der Waals surface area contributed by atoms with Gasteiger partial charge < -0.3 is 25.3 Å². The molecule has 0 radical (unpaired) electrons. The lowest BCUT2D eigenvalue weighted by molar-refractivity contribution is 0.0639. The lowest BCUT2D eigenvalue weighted by Gasteiger charge is -2.22. The van der Waals surface area contributed by atoms with Crippen molar-refractivity contribution in [3.05, 3.63) is 47.7 Å². The fraction of sp³-hybridized carbons (Fsp3) is 0.455. The molecule has 1 aromatic heterocycles. The van der Waals surface area contributed by atoms with Gasteiger partial charge in [-0.15, -0.1) is 0 Å². The Morgan fingerprint density at radius 2 is 2.07 bits per heavy atom. The molecule has 1 aromatic carbocycles. The summed E-state index contributed by atoms with van der Waals surface area (Å²) in [5, 5.41) is 3.51. The second-order valence-corrected chi connectivity index (χ2v) is 7.09. The zero-order valence-electron chi connectivity index (χ0n) is 16.9. The van der Waals surface area contributed by atoms with Crippen molar-refractivity contribution in [1.29, 1.82) is 0 Å². The van der Waals surface area contributed by atoms with Crippen LogP contribution in [0.5, 0.6) is 17.4 Å². The van der Waals surface area contributed by atoms with E-state index in [-0.39, 0.29) is 0 Å². The van der Waals surface area contributed by atoms with Crippen LogP contribution in [0.25, 0.3) is 0 Å². The topological polar surface area (TPSA) is 95.7 Å². The predicted molar refractivity (Wildman–Crippen MR) is 110 cm³/mol. The van der Waals surface area contributed by atoms with E-state index < -0.39 is 5.91 Å². The number of rotatable bonds is 10. The summed E-state index contributed by atoms with van der Waals surface area (Å²) in [7, 11) is 0. The molecule has 1 aliphatic heterocycles. The number of hydrogen-bond acceptors (Lipinski definition) is 6. The number of primary amides is 1. The van der Waals surface area contributed by atoms with Crippen molar-refractivity contribution < 1.29 is 19.0 Å². The lowest BCUT2D eigenvalue weighted by Crippen LogP contribution is -2.22. The molecule has 0 aliphatic carbocycles. The highest BCUT2D eigenvalue weighted by Gasteiger charge is 2.13. The summed E-state index contributed by atoms with van der Waals surface area (Å²) in [6.07, 6.45) is 4.90. The molecule has 7 nitrogen and oxygen atoms in total. The molecule has 156 valence electrons. The molecular weight excluding hydrogens is 370 g/mol. The van der Waals surface area contributed by atoms with Crippen LogP contribution in [-0.4, -0.2) is 37.3 Å². The number of pyridine rings is 1. The van der Waals surface area contributed by atoms with Crippen molar-refractivity contribution in [3.63, 3.8) is 0 Å². The Morgan fingerprint density at radius 1 is 1.24 bits per heavy atom. The van der Waals surface area contributed by atoms with E-state index in [0.29, 0.717) is 29.5 Å². The SMILES string of the molecule is CCOc1cc(CNCCC2CCOCC2)ccc1Oc1ccc(C(N)=O)cn1. The quantitative estimate of drug-likeness (QED) is 0.595. The monoisotopic (exact) mass is 399 g/mol. The minimum atomic E-state index is -0.521. The van der Waals surface area contributed by atoms with E-state index in [1.165, 1.54) is 12.6 Å². The van der Waals surface area contributed by atoms with Crippen molar-refractivity contribution in [1.82, 2.24) is 10.3 Å². The number of aromatic nitrogens is 1. The Morgan fingerprint density at radius 3 is 2.76 bits per heavy atom. The molecule has 0 unspecified atom stereocenters. The number of hydrogen-bond donors (Lipinski definition) is 2. The second-order valence-electron chi connectivity index (χ2n) is 7.09. The molecule has 2 heterocycles. The van der Waals surface area contributed by atoms with Crippen molar-refractivity contribution in [2.75, 3.05) is 26.4 Å². The summed E-state index contributed by atoms with van der Waals surface area (Å²) < 4.78 is 17.0. The number of benzene rings is 1. The summed E-state index contributed by atoms with van der Waals surface area (Å²) in [6.45, 7) is 6.01. The number of carbonyl (C=O) groups excluding carboxylic acids is 1. The highest BCUT2D eigenvalue weighted by Crippen LogP contribution is 2.32. The highest BCUT2D eigenvalue weighted by atomic mass is 16.5. The third-order valence-corrected chi connectivity index (χ3v) is 4.94. The highest BCUT2D eigenvalue weighted by molar-refractivity contribution is 5.92. The number of amides is 1. The van der Waals surface area contributed by atoms with Crippen molar-refractivity contribution in [3.8, 4) is 17.4 Å². The number of ether oxygens (including phenoxy) is 3. The minimum absolute atomic E-state index is 0.338. The first-order chi connectivity index (χ1) is 14.2. The van der Waals surface area contributed by atoms with Gasteiger partial charge in [0.05, 0.1) is 12.2 Å².